The summed E-state index contributed by atoms with van der Waals surface area (Å²) >= 11 is 0. The lowest BCUT2D eigenvalue weighted by molar-refractivity contribution is -0.183. The highest BCUT2D eigenvalue weighted by atomic mass is 32.2. The van der Waals surface area contributed by atoms with Crippen molar-refractivity contribution in [1.29, 1.82) is 0 Å². The molecule has 1 heterocycles. The first-order chi connectivity index (χ1) is 11.4. The Balaban J connectivity index is 1.49. The van der Waals surface area contributed by atoms with E-state index in [1.165, 1.54) is 6.26 Å². The summed E-state index contributed by atoms with van der Waals surface area (Å²) in [5.74, 6) is -0.424. The molecule has 1 saturated heterocycles. The zero-order chi connectivity index (χ0) is 17.2. The van der Waals surface area contributed by atoms with E-state index in [-0.39, 0.29) is 16.7 Å². The molecule has 1 aliphatic carbocycles. The number of sulfone groups is 1. The molecule has 0 aromatic heterocycles. The maximum absolute atomic E-state index is 12.3. The lowest BCUT2D eigenvalue weighted by atomic mass is 9.84. The molecular weight excluding hydrogens is 330 g/mol. The van der Waals surface area contributed by atoms with E-state index in [0.717, 1.165) is 31.2 Å². The van der Waals surface area contributed by atoms with Crippen LogP contribution < -0.4 is 5.32 Å². The Hall–Kier alpha value is -1.44. The van der Waals surface area contributed by atoms with Gasteiger partial charge < -0.3 is 14.8 Å². The van der Waals surface area contributed by atoms with Crippen molar-refractivity contribution in [2.45, 2.75) is 42.9 Å². The summed E-state index contributed by atoms with van der Waals surface area (Å²) < 4.78 is 34.2. The SMILES string of the molecule is CS(=O)(=O)c1ccc(CNC(=O)C2CCC3(CC2)OCCO3)cc1. The highest BCUT2D eigenvalue weighted by Gasteiger charge is 2.41. The van der Waals surface area contributed by atoms with Crippen LogP contribution >= 0.6 is 0 Å². The minimum Gasteiger partial charge on any atom is -0.352 e. The summed E-state index contributed by atoms with van der Waals surface area (Å²) in [4.78, 5) is 12.6. The molecule has 1 saturated carbocycles. The van der Waals surface area contributed by atoms with Crippen LogP contribution in [0, 0.1) is 5.92 Å². The van der Waals surface area contributed by atoms with Gasteiger partial charge in [0.1, 0.15) is 0 Å². The predicted octanol–water partition coefficient (Wildman–Crippen LogP) is 1.64. The van der Waals surface area contributed by atoms with Gasteiger partial charge in [-0.1, -0.05) is 12.1 Å². The van der Waals surface area contributed by atoms with Crippen molar-refractivity contribution in [3.8, 4) is 0 Å². The van der Waals surface area contributed by atoms with Crippen LogP contribution in [0.2, 0.25) is 0 Å². The van der Waals surface area contributed by atoms with Crippen LogP contribution in [0.15, 0.2) is 29.2 Å². The molecule has 3 rings (SSSR count). The van der Waals surface area contributed by atoms with E-state index in [4.69, 9.17) is 9.47 Å². The van der Waals surface area contributed by atoms with Crippen LogP contribution in [-0.2, 0) is 30.7 Å². The Morgan fingerprint density at radius 1 is 1.17 bits per heavy atom. The van der Waals surface area contributed by atoms with Gasteiger partial charge in [0.25, 0.3) is 0 Å². The van der Waals surface area contributed by atoms with E-state index in [0.29, 0.717) is 19.8 Å². The first kappa shape index (κ1) is 17.4. The normalized spacial score (nSPS) is 21.0. The number of amides is 1. The minimum absolute atomic E-state index is 0.0151. The molecule has 0 bridgehead atoms. The van der Waals surface area contributed by atoms with Crippen molar-refractivity contribution in [2.75, 3.05) is 19.5 Å². The zero-order valence-corrected chi connectivity index (χ0v) is 14.6. The fourth-order valence-electron chi connectivity index (χ4n) is 3.29. The zero-order valence-electron chi connectivity index (χ0n) is 13.8. The van der Waals surface area contributed by atoms with Crippen molar-refractivity contribution in [3.63, 3.8) is 0 Å². The lowest BCUT2D eigenvalue weighted by Gasteiger charge is -2.34. The smallest absolute Gasteiger partial charge is 0.223 e. The molecule has 2 fully saturated rings. The highest BCUT2D eigenvalue weighted by molar-refractivity contribution is 7.90. The standard InChI is InChI=1S/C17H23NO5S/c1-24(20,21)15-4-2-13(3-5-15)12-18-16(19)14-6-8-17(9-7-14)22-10-11-23-17/h2-5,14H,6-12H2,1H3,(H,18,19). The molecule has 0 unspecified atom stereocenters. The molecule has 7 heteroatoms. The van der Waals surface area contributed by atoms with Gasteiger partial charge in [-0.2, -0.15) is 0 Å². The third-order valence-electron chi connectivity index (χ3n) is 4.75. The van der Waals surface area contributed by atoms with Crippen LogP contribution in [0.1, 0.15) is 31.2 Å². The lowest BCUT2D eigenvalue weighted by Crippen LogP contribution is -2.40. The fourth-order valence-corrected chi connectivity index (χ4v) is 3.92. The van der Waals surface area contributed by atoms with E-state index >= 15 is 0 Å². The Morgan fingerprint density at radius 2 is 1.75 bits per heavy atom. The molecule has 24 heavy (non-hydrogen) atoms. The Morgan fingerprint density at radius 3 is 2.29 bits per heavy atom. The van der Waals surface area contributed by atoms with Crippen molar-refractivity contribution >= 4 is 15.7 Å². The van der Waals surface area contributed by atoms with Crippen LogP contribution in [0.25, 0.3) is 0 Å². The molecule has 1 N–H and O–H groups in total. The third kappa shape index (κ3) is 3.96. The molecule has 2 aliphatic rings. The van der Waals surface area contributed by atoms with Gasteiger partial charge in [0.15, 0.2) is 15.6 Å². The van der Waals surface area contributed by atoms with Crippen molar-refractivity contribution in [2.24, 2.45) is 5.92 Å². The van der Waals surface area contributed by atoms with Crippen molar-refractivity contribution in [3.05, 3.63) is 29.8 Å². The Bertz CT molecular complexity index is 682. The summed E-state index contributed by atoms with van der Waals surface area (Å²) in [6.45, 7) is 1.68. The molecule has 1 aromatic rings. The van der Waals surface area contributed by atoms with Crippen molar-refractivity contribution < 1.29 is 22.7 Å². The number of nitrogens with one attached hydrogen (secondary N) is 1. The maximum atomic E-state index is 12.3. The van der Waals surface area contributed by atoms with Crippen LogP contribution in [0.4, 0.5) is 0 Å². The van der Waals surface area contributed by atoms with E-state index in [9.17, 15) is 13.2 Å². The van der Waals surface area contributed by atoms with E-state index in [1.807, 2.05) is 0 Å². The quantitative estimate of drug-likeness (QED) is 0.890. The number of hydrogen-bond acceptors (Lipinski definition) is 5. The first-order valence-electron chi connectivity index (χ1n) is 8.23. The summed E-state index contributed by atoms with van der Waals surface area (Å²) in [6, 6.07) is 6.59. The number of benzene rings is 1. The number of ether oxygens (including phenoxy) is 2. The molecule has 0 atom stereocenters. The van der Waals surface area contributed by atoms with Gasteiger partial charge in [-0.3, -0.25) is 4.79 Å². The summed E-state index contributed by atoms with van der Waals surface area (Å²) in [5, 5.41) is 2.94. The van der Waals surface area contributed by atoms with E-state index in [1.54, 1.807) is 24.3 Å². The predicted molar refractivity (Wildman–Crippen MR) is 88.0 cm³/mol. The summed E-state index contributed by atoms with van der Waals surface area (Å²) in [6.07, 6.45) is 4.22. The van der Waals surface area contributed by atoms with Gasteiger partial charge in [-0.05, 0) is 30.5 Å². The van der Waals surface area contributed by atoms with Gasteiger partial charge in [0.05, 0.1) is 18.1 Å². The number of rotatable bonds is 4. The molecule has 132 valence electrons. The average Bonchev–Trinajstić information content (AvgIpc) is 3.01. The topological polar surface area (TPSA) is 81.7 Å². The molecule has 1 aliphatic heterocycles. The molecular formula is C17H23NO5S. The molecule has 6 nitrogen and oxygen atoms in total. The largest absolute Gasteiger partial charge is 0.352 e. The van der Waals surface area contributed by atoms with Crippen LogP contribution in [0.5, 0.6) is 0 Å². The Kier molecular flexibility index (Phi) is 4.94. The average molecular weight is 353 g/mol. The van der Waals surface area contributed by atoms with Gasteiger partial charge in [-0.15, -0.1) is 0 Å². The van der Waals surface area contributed by atoms with Crippen molar-refractivity contribution in [1.82, 2.24) is 5.32 Å². The maximum Gasteiger partial charge on any atom is 0.223 e. The highest BCUT2D eigenvalue weighted by Crippen LogP contribution is 2.38. The number of carbonyl (C=O) groups excluding carboxylic acids is 1. The second kappa shape index (κ2) is 6.82. The second-order valence-corrected chi connectivity index (χ2v) is 8.53. The molecule has 0 radical (unpaired) electrons. The summed E-state index contributed by atoms with van der Waals surface area (Å²) in [7, 11) is -3.19. The minimum atomic E-state index is -3.19. The first-order valence-corrected chi connectivity index (χ1v) is 10.1. The van der Waals surface area contributed by atoms with E-state index < -0.39 is 15.6 Å². The monoisotopic (exact) mass is 353 g/mol. The fraction of sp³-hybridized carbons (Fsp3) is 0.588. The Labute approximate surface area is 142 Å². The molecule has 1 spiro atoms. The van der Waals surface area contributed by atoms with Gasteiger partial charge in [0.2, 0.25) is 5.91 Å². The van der Waals surface area contributed by atoms with Gasteiger partial charge in [0, 0.05) is 31.6 Å². The van der Waals surface area contributed by atoms with Gasteiger partial charge in [-0.25, -0.2) is 8.42 Å². The van der Waals surface area contributed by atoms with Crippen LogP contribution in [0.3, 0.4) is 0 Å². The van der Waals surface area contributed by atoms with Gasteiger partial charge >= 0.3 is 0 Å². The van der Waals surface area contributed by atoms with Crippen LogP contribution in [-0.4, -0.2) is 39.6 Å². The number of carbonyl (C=O) groups is 1. The number of hydrogen-bond donors (Lipinski definition) is 1. The molecule has 1 amide bonds. The van der Waals surface area contributed by atoms with E-state index in [2.05, 4.69) is 5.32 Å². The molecule has 1 aromatic carbocycles. The second-order valence-electron chi connectivity index (χ2n) is 6.52. The third-order valence-corrected chi connectivity index (χ3v) is 5.88. The summed E-state index contributed by atoms with van der Waals surface area (Å²) in [5.41, 5.74) is 0.880.